The highest BCUT2D eigenvalue weighted by atomic mass is 32.1. The van der Waals surface area contributed by atoms with E-state index in [-0.39, 0.29) is 42.7 Å². The number of nitrogens with zero attached hydrogens (tertiary/aromatic N) is 2. The lowest BCUT2D eigenvalue weighted by molar-refractivity contribution is -0.135. The molecule has 3 heterocycles. The molecule has 0 bridgehead atoms. The monoisotopic (exact) mass is 500 g/mol. The number of hydrogen-bond acceptors (Lipinski definition) is 5. The van der Waals surface area contributed by atoms with E-state index in [4.69, 9.17) is 4.74 Å². The van der Waals surface area contributed by atoms with Crippen molar-refractivity contribution in [1.29, 1.82) is 0 Å². The summed E-state index contributed by atoms with van der Waals surface area (Å²) in [5.74, 6) is -0.212. The van der Waals surface area contributed by atoms with Crippen LogP contribution in [-0.4, -0.2) is 47.9 Å². The van der Waals surface area contributed by atoms with Crippen molar-refractivity contribution in [2.24, 2.45) is 5.92 Å². The van der Waals surface area contributed by atoms with Crippen molar-refractivity contribution in [2.45, 2.75) is 32.7 Å². The van der Waals surface area contributed by atoms with Gasteiger partial charge in [0.2, 0.25) is 5.91 Å². The van der Waals surface area contributed by atoms with Crippen molar-refractivity contribution in [3.8, 4) is 5.75 Å². The van der Waals surface area contributed by atoms with Crippen molar-refractivity contribution in [1.82, 2.24) is 9.80 Å². The third-order valence-electron chi connectivity index (χ3n) is 6.22. The van der Waals surface area contributed by atoms with Crippen LogP contribution in [0.1, 0.15) is 46.4 Å². The second kappa shape index (κ2) is 11.1. The molecule has 1 aliphatic heterocycles. The predicted molar refractivity (Wildman–Crippen MR) is 134 cm³/mol. The van der Waals surface area contributed by atoms with Crippen LogP contribution in [-0.2, 0) is 11.2 Å². The zero-order chi connectivity index (χ0) is 24.1. The Hall–Kier alpha value is -2.71. The van der Waals surface area contributed by atoms with Crippen molar-refractivity contribution < 1.29 is 18.7 Å². The van der Waals surface area contributed by atoms with Crippen LogP contribution in [0.25, 0.3) is 0 Å². The number of ether oxygens (including phenoxy) is 1. The molecule has 4 rings (SSSR count). The van der Waals surface area contributed by atoms with Crippen LogP contribution in [0.3, 0.4) is 0 Å². The maximum atomic E-state index is 14.1. The number of hydrogen-bond donors (Lipinski definition) is 0. The molecule has 34 heavy (non-hydrogen) atoms. The molecule has 1 aliphatic rings. The fourth-order valence-corrected chi connectivity index (χ4v) is 5.76. The van der Waals surface area contributed by atoms with Gasteiger partial charge in [0.25, 0.3) is 5.91 Å². The molecule has 0 spiro atoms. The van der Waals surface area contributed by atoms with Gasteiger partial charge in [-0.25, -0.2) is 4.39 Å². The summed E-state index contributed by atoms with van der Waals surface area (Å²) in [6.45, 7) is 5.40. The highest BCUT2D eigenvalue weighted by molar-refractivity contribution is 7.12. The fraction of sp³-hybridized carbons (Fsp3) is 0.385. The smallest absolute Gasteiger partial charge is 0.264 e. The Morgan fingerprint density at radius 2 is 2.00 bits per heavy atom. The van der Waals surface area contributed by atoms with Crippen LogP contribution >= 0.6 is 22.7 Å². The Kier molecular flexibility index (Phi) is 8.00. The predicted octanol–water partition coefficient (Wildman–Crippen LogP) is 5.64. The third kappa shape index (κ3) is 5.50. The van der Waals surface area contributed by atoms with Gasteiger partial charge in [-0.1, -0.05) is 38.5 Å². The Morgan fingerprint density at radius 1 is 1.18 bits per heavy atom. The lowest BCUT2D eigenvalue weighted by Crippen LogP contribution is -2.48. The molecular formula is C26H29FN2O3S2. The van der Waals surface area contributed by atoms with Crippen molar-refractivity contribution in [3.05, 3.63) is 74.4 Å². The van der Waals surface area contributed by atoms with Gasteiger partial charge >= 0.3 is 0 Å². The van der Waals surface area contributed by atoms with E-state index in [1.807, 2.05) is 22.9 Å². The number of carbonyl (C=O) groups excluding carboxylic acids is 2. The molecule has 2 amide bonds. The first-order chi connectivity index (χ1) is 16.5. The van der Waals surface area contributed by atoms with Crippen LogP contribution in [0.15, 0.2) is 53.2 Å². The summed E-state index contributed by atoms with van der Waals surface area (Å²) in [5, 5.41) is 3.89. The summed E-state index contributed by atoms with van der Waals surface area (Å²) < 4.78 is 20.0. The topological polar surface area (TPSA) is 49.9 Å². The SMILES string of the molecule is CC[C@H](C)CN(CC(=O)N1CCc2sccc2[C@H]1COc1ccccc1F)C(=O)c1cccs1. The summed E-state index contributed by atoms with van der Waals surface area (Å²) in [6, 6.07) is 11.6. The van der Waals surface area contributed by atoms with Gasteiger partial charge in [-0.15, -0.1) is 22.7 Å². The minimum Gasteiger partial charge on any atom is -0.488 e. The van der Waals surface area contributed by atoms with Gasteiger partial charge < -0.3 is 14.5 Å². The standard InChI is InChI=1S/C26H29FN2O3S2/c1-3-18(2)15-28(26(31)24-9-6-13-33-24)16-25(30)29-12-10-23-19(11-14-34-23)21(29)17-32-22-8-5-4-7-20(22)27/h4-9,11,13-14,18,21H,3,10,12,15-17H2,1-2H3/t18-,21+/m0/s1. The van der Waals surface area contributed by atoms with E-state index in [2.05, 4.69) is 13.8 Å². The summed E-state index contributed by atoms with van der Waals surface area (Å²) in [5.41, 5.74) is 1.04. The van der Waals surface area contributed by atoms with E-state index in [1.165, 1.54) is 22.3 Å². The van der Waals surface area contributed by atoms with Gasteiger partial charge in [-0.05, 0) is 52.9 Å². The number of amides is 2. The Labute approximate surface area is 207 Å². The lowest BCUT2D eigenvalue weighted by atomic mass is 10.00. The molecule has 0 saturated carbocycles. The molecule has 5 nitrogen and oxygen atoms in total. The van der Waals surface area contributed by atoms with E-state index in [0.29, 0.717) is 18.0 Å². The van der Waals surface area contributed by atoms with E-state index < -0.39 is 5.82 Å². The third-order valence-corrected chi connectivity index (χ3v) is 8.08. The second-order valence-corrected chi connectivity index (χ2v) is 10.5. The minimum absolute atomic E-state index is 0.0107. The molecule has 1 aromatic carbocycles. The zero-order valence-corrected chi connectivity index (χ0v) is 21.0. The van der Waals surface area contributed by atoms with Crippen LogP contribution in [0.5, 0.6) is 5.75 Å². The molecule has 0 fully saturated rings. The molecule has 0 radical (unpaired) electrons. The van der Waals surface area contributed by atoms with Gasteiger partial charge in [-0.2, -0.15) is 0 Å². The molecule has 8 heteroatoms. The van der Waals surface area contributed by atoms with Crippen LogP contribution in [0.4, 0.5) is 4.39 Å². The van der Waals surface area contributed by atoms with Crippen LogP contribution in [0, 0.1) is 11.7 Å². The average Bonchev–Trinajstić information content (AvgIpc) is 3.54. The van der Waals surface area contributed by atoms with Crippen molar-refractivity contribution >= 4 is 34.5 Å². The van der Waals surface area contributed by atoms with Crippen molar-refractivity contribution in [3.63, 3.8) is 0 Å². The summed E-state index contributed by atoms with van der Waals surface area (Å²) in [6.07, 6.45) is 1.68. The molecule has 0 aliphatic carbocycles. The van der Waals surface area contributed by atoms with Gasteiger partial charge in [0.15, 0.2) is 11.6 Å². The number of benzene rings is 1. The van der Waals surface area contributed by atoms with Crippen LogP contribution < -0.4 is 4.74 Å². The molecule has 0 N–H and O–H groups in total. The van der Waals surface area contributed by atoms with Gasteiger partial charge in [0, 0.05) is 18.0 Å². The number of halogens is 1. The minimum atomic E-state index is -0.428. The summed E-state index contributed by atoms with van der Waals surface area (Å²) in [7, 11) is 0. The first-order valence-electron chi connectivity index (χ1n) is 11.5. The maximum absolute atomic E-state index is 14.1. The molecule has 0 unspecified atom stereocenters. The van der Waals surface area contributed by atoms with Gasteiger partial charge in [0.1, 0.15) is 13.2 Å². The maximum Gasteiger partial charge on any atom is 0.264 e. The quantitative estimate of drug-likeness (QED) is 0.382. The summed E-state index contributed by atoms with van der Waals surface area (Å²) in [4.78, 5) is 32.1. The van der Waals surface area contributed by atoms with E-state index in [9.17, 15) is 14.0 Å². The molecule has 180 valence electrons. The largest absolute Gasteiger partial charge is 0.488 e. The highest BCUT2D eigenvalue weighted by Crippen LogP contribution is 2.34. The summed E-state index contributed by atoms with van der Waals surface area (Å²) >= 11 is 3.05. The van der Waals surface area contributed by atoms with E-state index in [0.717, 1.165) is 18.4 Å². The van der Waals surface area contributed by atoms with Gasteiger partial charge in [0.05, 0.1) is 10.9 Å². The molecular weight excluding hydrogens is 471 g/mol. The molecule has 0 saturated heterocycles. The lowest BCUT2D eigenvalue weighted by Gasteiger charge is -2.37. The first-order valence-corrected chi connectivity index (χ1v) is 13.3. The zero-order valence-electron chi connectivity index (χ0n) is 19.4. The first kappa shape index (κ1) is 24.4. The fourth-order valence-electron chi connectivity index (χ4n) is 4.14. The van der Waals surface area contributed by atoms with Crippen molar-refractivity contribution in [2.75, 3.05) is 26.2 Å². The highest BCUT2D eigenvalue weighted by Gasteiger charge is 2.34. The number of carbonyl (C=O) groups is 2. The molecule has 3 aromatic rings. The van der Waals surface area contributed by atoms with E-state index >= 15 is 0 Å². The number of thiophene rings is 2. The average molecular weight is 501 g/mol. The molecule has 2 atom stereocenters. The normalized spacial score (nSPS) is 16.1. The molecule has 2 aromatic heterocycles. The Balaban J connectivity index is 1.54. The van der Waals surface area contributed by atoms with Gasteiger partial charge in [-0.3, -0.25) is 9.59 Å². The Bertz CT molecular complexity index is 1110. The number of fused-ring (bicyclic) bond motifs is 1. The van der Waals surface area contributed by atoms with E-state index in [1.54, 1.807) is 45.4 Å². The van der Waals surface area contributed by atoms with Crippen LogP contribution in [0.2, 0.25) is 0 Å². The number of rotatable bonds is 9. The second-order valence-electron chi connectivity index (χ2n) is 8.57. The number of para-hydroxylation sites is 1. The Morgan fingerprint density at radius 3 is 2.74 bits per heavy atom.